The molecule has 0 spiro atoms. The first-order valence-corrected chi connectivity index (χ1v) is 8.79. The Balaban J connectivity index is 1.77. The highest BCUT2D eigenvalue weighted by atomic mass is 16.4. The number of aliphatic hydroxyl groups is 1. The highest BCUT2D eigenvalue weighted by Crippen LogP contribution is 2.24. The average molecular weight is 329 g/mol. The Morgan fingerprint density at radius 2 is 1.92 bits per heavy atom. The third-order valence-electron chi connectivity index (χ3n) is 5.22. The van der Waals surface area contributed by atoms with Crippen molar-refractivity contribution >= 4 is 17.1 Å². The van der Waals surface area contributed by atoms with Crippen molar-refractivity contribution in [1.82, 2.24) is 9.47 Å². The average Bonchev–Trinajstić information content (AvgIpc) is 2.90. The summed E-state index contributed by atoms with van der Waals surface area (Å²) in [6.07, 6.45) is 6.65. The fourth-order valence-corrected chi connectivity index (χ4v) is 3.95. The van der Waals surface area contributed by atoms with Crippen molar-refractivity contribution in [1.29, 1.82) is 0 Å². The number of hydrogen-bond donors (Lipinski definition) is 2. The summed E-state index contributed by atoms with van der Waals surface area (Å²) in [5.41, 5.74) is 1.91. The van der Waals surface area contributed by atoms with E-state index in [2.05, 4.69) is 28.5 Å². The lowest BCUT2D eigenvalue weighted by Crippen LogP contribution is -2.47. The number of rotatable bonds is 5. The summed E-state index contributed by atoms with van der Waals surface area (Å²) in [6.45, 7) is 5.74. The molecule has 1 saturated heterocycles. The molecular formula is C19H27N3O2. The van der Waals surface area contributed by atoms with Crippen molar-refractivity contribution in [3.05, 3.63) is 36.0 Å². The van der Waals surface area contributed by atoms with Gasteiger partial charge in [0.2, 0.25) is 0 Å². The molecule has 3 unspecified atom stereocenters. The maximum atomic E-state index is 10.6. The van der Waals surface area contributed by atoms with Crippen molar-refractivity contribution < 1.29 is 10.3 Å². The quantitative estimate of drug-likeness (QED) is 0.503. The van der Waals surface area contributed by atoms with Crippen molar-refractivity contribution in [2.45, 2.75) is 57.8 Å². The van der Waals surface area contributed by atoms with Gasteiger partial charge in [-0.25, -0.2) is 0 Å². The molecule has 3 atom stereocenters. The normalized spacial score (nSPS) is 24.0. The van der Waals surface area contributed by atoms with Crippen molar-refractivity contribution in [2.75, 3.05) is 6.54 Å². The van der Waals surface area contributed by atoms with Crippen LogP contribution in [-0.2, 0) is 6.54 Å². The Bertz CT molecular complexity index is 700. The van der Waals surface area contributed by atoms with Gasteiger partial charge in [0.25, 0.3) is 0 Å². The molecule has 0 aliphatic carbocycles. The number of para-hydroxylation sites is 1. The lowest BCUT2D eigenvalue weighted by atomic mass is 9.97. The maximum absolute atomic E-state index is 10.6. The van der Waals surface area contributed by atoms with E-state index < -0.39 is 6.10 Å². The number of nitrogens with zero attached hydrogens (tertiary/aromatic N) is 3. The van der Waals surface area contributed by atoms with Crippen LogP contribution in [-0.4, -0.2) is 50.7 Å². The molecule has 130 valence electrons. The Labute approximate surface area is 143 Å². The lowest BCUT2D eigenvalue weighted by molar-refractivity contribution is 0.0352. The van der Waals surface area contributed by atoms with Crippen molar-refractivity contribution in [3.8, 4) is 0 Å². The number of hydrogen-bond acceptors (Lipinski definition) is 4. The van der Waals surface area contributed by atoms with Gasteiger partial charge in [0.1, 0.15) is 0 Å². The molecule has 3 rings (SSSR count). The molecule has 1 fully saturated rings. The molecule has 2 heterocycles. The topological polar surface area (TPSA) is 61.0 Å². The fraction of sp³-hybridized carbons (Fsp3) is 0.526. The largest absolute Gasteiger partial charge is 0.411 e. The van der Waals surface area contributed by atoms with Crippen LogP contribution < -0.4 is 0 Å². The predicted molar refractivity (Wildman–Crippen MR) is 96.8 cm³/mol. The smallest absolute Gasteiger partial charge is 0.0845 e. The first kappa shape index (κ1) is 17.0. The van der Waals surface area contributed by atoms with E-state index in [9.17, 15) is 5.11 Å². The first-order valence-electron chi connectivity index (χ1n) is 8.79. The zero-order valence-corrected chi connectivity index (χ0v) is 14.5. The Morgan fingerprint density at radius 3 is 2.62 bits per heavy atom. The van der Waals surface area contributed by atoms with Gasteiger partial charge in [0, 0.05) is 47.8 Å². The minimum atomic E-state index is -0.428. The van der Waals surface area contributed by atoms with Crippen LogP contribution in [0.1, 0.15) is 38.7 Å². The molecule has 5 heteroatoms. The number of aliphatic hydroxyl groups excluding tert-OH is 1. The van der Waals surface area contributed by atoms with Gasteiger partial charge < -0.3 is 14.9 Å². The molecule has 1 aromatic carbocycles. The summed E-state index contributed by atoms with van der Waals surface area (Å²) >= 11 is 0. The predicted octanol–water partition coefficient (Wildman–Crippen LogP) is 3.07. The molecule has 1 aliphatic heterocycles. The van der Waals surface area contributed by atoms with E-state index in [4.69, 9.17) is 5.21 Å². The van der Waals surface area contributed by atoms with Gasteiger partial charge in [-0.1, -0.05) is 29.8 Å². The van der Waals surface area contributed by atoms with Crippen LogP contribution in [0.15, 0.2) is 35.6 Å². The molecule has 1 aliphatic rings. The summed E-state index contributed by atoms with van der Waals surface area (Å²) in [4.78, 5) is 2.43. The van der Waals surface area contributed by atoms with Gasteiger partial charge in [-0.05, 0) is 32.8 Å². The molecule has 0 radical (unpaired) electrons. The third kappa shape index (κ3) is 3.47. The van der Waals surface area contributed by atoms with E-state index in [0.29, 0.717) is 25.2 Å². The minimum absolute atomic E-state index is 0.428. The third-order valence-corrected chi connectivity index (χ3v) is 5.22. The first-order chi connectivity index (χ1) is 11.6. The molecule has 1 aromatic heterocycles. The van der Waals surface area contributed by atoms with E-state index in [1.54, 1.807) is 0 Å². The van der Waals surface area contributed by atoms with Crippen LogP contribution in [0.3, 0.4) is 0 Å². The Hall–Kier alpha value is -1.85. The van der Waals surface area contributed by atoms with Gasteiger partial charge in [0.15, 0.2) is 0 Å². The highest BCUT2D eigenvalue weighted by molar-refractivity contribution is 5.99. The molecule has 0 saturated carbocycles. The number of likely N-dealkylation sites (tertiary alicyclic amines) is 1. The van der Waals surface area contributed by atoms with E-state index in [0.717, 1.165) is 16.5 Å². The summed E-state index contributed by atoms with van der Waals surface area (Å²) in [5, 5.41) is 23.7. The van der Waals surface area contributed by atoms with Gasteiger partial charge in [-0.3, -0.25) is 4.90 Å². The molecule has 24 heavy (non-hydrogen) atoms. The van der Waals surface area contributed by atoms with Crippen LogP contribution in [0.25, 0.3) is 10.9 Å². The number of oxime groups is 1. The summed E-state index contributed by atoms with van der Waals surface area (Å²) in [5.74, 6) is 0. The fourth-order valence-electron chi connectivity index (χ4n) is 3.95. The number of piperidine rings is 1. The van der Waals surface area contributed by atoms with E-state index in [1.807, 2.05) is 30.5 Å². The highest BCUT2D eigenvalue weighted by Gasteiger charge is 2.26. The molecule has 0 amide bonds. The summed E-state index contributed by atoms with van der Waals surface area (Å²) < 4.78 is 2.05. The second kappa shape index (κ2) is 7.36. The summed E-state index contributed by atoms with van der Waals surface area (Å²) in [6, 6.07) is 9.05. The second-order valence-electron chi connectivity index (χ2n) is 6.98. The molecular weight excluding hydrogens is 302 g/mol. The maximum Gasteiger partial charge on any atom is 0.0845 e. The van der Waals surface area contributed by atoms with Crippen LogP contribution in [0, 0.1) is 0 Å². The minimum Gasteiger partial charge on any atom is -0.411 e. The van der Waals surface area contributed by atoms with E-state index in [-0.39, 0.29) is 0 Å². The van der Waals surface area contributed by atoms with Crippen molar-refractivity contribution in [2.24, 2.45) is 5.16 Å². The molecule has 2 N–H and O–H groups in total. The molecule has 0 bridgehead atoms. The van der Waals surface area contributed by atoms with Crippen LogP contribution in [0.2, 0.25) is 0 Å². The standard InChI is InChI=1S/C19H27N3O2/c1-14-6-5-7-15(2)22(14)13-17(23)12-21-11-16(10-20-24)18-8-3-4-9-19(18)21/h3-4,8-11,14-15,17,23-24H,5-7,12-13H2,1-2H3/b20-10-. The van der Waals surface area contributed by atoms with Crippen LogP contribution in [0.5, 0.6) is 0 Å². The lowest BCUT2D eigenvalue weighted by Gasteiger charge is -2.40. The van der Waals surface area contributed by atoms with Gasteiger partial charge in [-0.2, -0.15) is 0 Å². The van der Waals surface area contributed by atoms with Crippen LogP contribution >= 0.6 is 0 Å². The molecule has 5 nitrogen and oxygen atoms in total. The van der Waals surface area contributed by atoms with E-state index >= 15 is 0 Å². The second-order valence-corrected chi connectivity index (χ2v) is 6.98. The van der Waals surface area contributed by atoms with Gasteiger partial charge >= 0.3 is 0 Å². The van der Waals surface area contributed by atoms with Crippen LogP contribution in [0.4, 0.5) is 0 Å². The number of aromatic nitrogens is 1. The van der Waals surface area contributed by atoms with Gasteiger partial charge in [-0.15, -0.1) is 0 Å². The monoisotopic (exact) mass is 329 g/mol. The summed E-state index contributed by atoms with van der Waals surface area (Å²) in [7, 11) is 0. The zero-order chi connectivity index (χ0) is 17.1. The van der Waals surface area contributed by atoms with E-state index in [1.165, 1.54) is 25.5 Å². The van der Waals surface area contributed by atoms with Crippen molar-refractivity contribution in [3.63, 3.8) is 0 Å². The number of β-amino-alcohol motifs (C(OH)–C–C–N with tert-alkyl or cyclic N) is 1. The number of fused-ring (bicyclic) bond motifs is 1. The zero-order valence-electron chi connectivity index (χ0n) is 14.5. The number of benzene rings is 1. The van der Waals surface area contributed by atoms with Gasteiger partial charge in [0.05, 0.1) is 12.3 Å². The molecule has 2 aromatic rings. The SMILES string of the molecule is CC1CCCC(C)N1CC(O)Cn1cc(/C=N\O)c2ccccc21. The Kier molecular flexibility index (Phi) is 5.21. The Morgan fingerprint density at radius 1 is 1.21 bits per heavy atom.